The van der Waals surface area contributed by atoms with E-state index in [1.807, 2.05) is 0 Å². The van der Waals surface area contributed by atoms with Crippen LogP contribution in [0.2, 0.25) is 0 Å². The van der Waals surface area contributed by atoms with Crippen molar-refractivity contribution in [2.24, 2.45) is 0 Å². The molecule has 1 heterocycles. The highest BCUT2D eigenvalue weighted by atomic mass is 32.2. The molecule has 10 nitrogen and oxygen atoms in total. The third-order valence-electron chi connectivity index (χ3n) is 5.33. The van der Waals surface area contributed by atoms with E-state index in [1.165, 1.54) is 18.0 Å². The number of carbonyl (C=O) groups is 2. The van der Waals surface area contributed by atoms with Gasteiger partial charge in [0.2, 0.25) is 15.9 Å². The number of anilines is 1. The van der Waals surface area contributed by atoms with Gasteiger partial charge in [-0.1, -0.05) is 12.1 Å². The Hall–Kier alpha value is -3.86. The Morgan fingerprint density at radius 3 is 2.49 bits per heavy atom. The minimum absolute atomic E-state index is 0.200. The van der Waals surface area contributed by atoms with Crippen molar-refractivity contribution < 1.29 is 27.2 Å². The van der Waals surface area contributed by atoms with Crippen LogP contribution >= 0.6 is 0 Å². The van der Waals surface area contributed by atoms with Gasteiger partial charge in [-0.3, -0.25) is 9.52 Å². The molecule has 2 N–H and O–H groups in total. The van der Waals surface area contributed by atoms with Gasteiger partial charge in [0.25, 0.3) is 0 Å². The van der Waals surface area contributed by atoms with Crippen LogP contribution in [0.25, 0.3) is 11.0 Å². The van der Waals surface area contributed by atoms with E-state index in [2.05, 4.69) is 10.0 Å². The molecule has 11 heteroatoms. The van der Waals surface area contributed by atoms with Gasteiger partial charge in [0.15, 0.2) is 0 Å². The first-order valence-corrected chi connectivity index (χ1v) is 12.3. The van der Waals surface area contributed by atoms with Crippen LogP contribution in [0, 0.1) is 13.8 Å². The van der Waals surface area contributed by atoms with Crippen LogP contribution in [0.1, 0.15) is 22.3 Å². The van der Waals surface area contributed by atoms with Gasteiger partial charge in [-0.15, -0.1) is 0 Å². The summed E-state index contributed by atoms with van der Waals surface area (Å²) in [6, 6.07) is 9.88. The highest BCUT2D eigenvalue weighted by molar-refractivity contribution is 7.93. The number of ether oxygens (including phenoxy) is 1. The molecule has 0 spiro atoms. The van der Waals surface area contributed by atoms with Crippen LogP contribution in [0.5, 0.6) is 5.75 Å². The second-order valence-corrected chi connectivity index (χ2v) is 10.0. The number of hydrogen-bond donors (Lipinski definition) is 2. The lowest BCUT2D eigenvalue weighted by Crippen LogP contribution is -2.30. The molecule has 0 aliphatic heterocycles. The van der Waals surface area contributed by atoms with E-state index in [0.717, 1.165) is 0 Å². The summed E-state index contributed by atoms with van der Waals surface area (Å²) >= 11 is 0. The Morgan fingerprint density at radius 1 is 1.11 bits per heavy atom. The number of nitrogens with one attached hydrogen (secondary N) is 2. The van der Waals surface area contributed by atoms with Crippen LogP contribution in [0.15, 0.2) is 45.6 Å². The molecule has 1 aromatic heterocycles. The van der Waals surface area contributed by atoms with Crippen molar-refractivity contribution in [1.29, 1.82) is 0 Å². The summed E-state index contributed by atoms with van der Waals surface area (Å²) in [7, 11) is 0.604. The van der Waals surface area contributed by atoms with Gasteiger partial charge in [-0.25, -0.2) is 18.0 Å². The average molecular weight is 502 g/mol. The fourth-order valence-electron chi connectivity index (χ4n) is 3.43. The van der Waals surface area contributed by atoms with Crippen molar-refractivity contribution in [3.05, 3.63) is 69.1 Å². The van der Waals surface area contributed by atoms with Gasteiger partial charge in [0.05, 0.1) is 0 Å². The van der Waals surface area contributed by atoms with Crippen LogP contribution in [0.4, 0.5) is 10.5 Å². The zero-order valence-corrected chi connectivity index (χ0v) is 20.9. The fraction of sp³-hybridized carbons (Fsp3) is 0.292. The highest BCUT2D eigenvalue weighted by Crippen LogP contribution is 2.29. The molecular weight excluding hydrogens is 474 g/mol. The maximum Gasteiger partial charge on any atom is 0.414 e. The van der Waals surface area contributed by atoms with Gasteiger partial charge < -0.3 is 19.4 Å². The van der Waals surface area contributed by atoms with Gasteiger partial charge >= 0.3 is 11.7 Å². The fourth-order valence-corrected chi connectivity index (χ4v) is 4.48. The minimum atomic E-state index is -3.88. The standard InChI is InChI=1S/C24H27N3O7S/c1-14-9-18-15(2)19(23(29)33-21(18)12-20(14)34-24(30)27(4)5)11-16-7-6-8-17(10-16)26-35(31,32)13-22(28)25-3/h6-10,12,26H,11,13H2,1-5H3,(H,25,28). The molecule has 2 amide bonds. The summed E-state index contributed by atoms with van der Waals surface area (Å²) in [6.07, 6.45) is -0.347. The summed E-state index contributed by atoms with van der Waals surface area (Å²) in [5.41, 5.74) is 2.51. The zero-order chi connectivity index (χ0) is 25.9. The summed E-state index contributed by atoms with van der Waals surface area (Å²) in [4.78, 5) is 37.5. The molecular formula is C24H27N3O7S. The Balaban J connectivity index is 1.92. The van der Waals surface area contributed by atoms with Crippen LogP contribution in [0.3, 0.4) is 0 Å². The van der Waals surface area contributed by atoms with E-state index in [1.54, 1.807) is 58.3 Å². The molecule has 35 heavy (non-hydrogen) atoms. The SMILES string of the molecule is CNC(=O)CS(=O)(=O)Nc1cccc(Cc2c(C)c3cc(C)c(OC(=O)N(C)C)cc3oc2=O)c1. The molecule has 3 aromatic rings. The normalized spacial score (nSPS) is 11.2. The number of rotatable bonds is 7. The molecule has 0 saturated carbocycles. The van der Waals surface area contributed by atoms with Crippen molar-refractivity contribution in [1.82, 2.24) is 10.2 Å². The summed E-state index contributed by atoms with van der Waals surface area (Å²) in [5.74, 6) is -1.04. The quantitative estimate of drug-likeness (QED) is 0.475. The number of aryl methyl sites for hydroxylation is 2. The van der Waals surface area contributed by atoms with E-state index >= 15 is 0 Å². The number of benzene rings is 2. The number of nitrogens with zero attached hydrogens (tertiary/aromatic N) is 1. The van der Waals surface area contributed by atoms with E-state index in [9.17, 15) is 22.8 Å². The summed E-state index contributed by atoms with van der Waals surface area (Å²) in [5, 5.41) is 2.97. The second kappa shape index (κ2) is 10.2. The molecule has 0 fully saturated rings. The van der Waals surface area contributed by atoms with Gasteiger partial charge in [0, 0.05) is 50.3 Å². The average Bonchev–Trinajstić information content (AvgIpc) is 2.77. The molecule has 0 aliphatic rings. The third-order valence-corrected chi connectivity index (χ3v) is 6.52. The van der Waals surface area contributed by atoms with Gasteiger partial charge in [0.1, 0.15) is 17.1 Å². The molecule has 0 unspecified atom stereocenters. The van der Waals surface area contributed by atoms with E-state index in [-0.39, 0.29) is 12.1 Å². The summed E-state index contributed by atoms with van der Waals surface area (Å²) in [6.45, 7) is 3.59. The Morgan fingerprint density at radius 2 is 1.83 bits per heavy atom. The Bertz CT molecular complexity index is 1460. The lowest BCUT2D eigenvalue weighted by Gasteiger charge is -2.14. The van der Waals surface area contributed by atoms with Crippen molar-refractivity contribution >= 4 is 38.7 Å². The van der Waals surface area contributed by atoms with Crippen LogP contribution in [-0.4, -0.2) is 52.2 Å². The maximum atomic E-state index is 12.8. The molecule has 0 bridgehead atoms. The topological polar surface area (TPSA) is 135 Å². The number of sulfonamides is 1. The predicted molar refractivity (Wildman–Crippen MR) is 132 cm³/mol. The van der Waals surface area contributed by atoms with Crippen LogP contribution in [-0.2, 0) is 21.2 Å². The predicted octanol–water partition coefficient (Wildman–Crippen LogP) is 2.55. The Kier molecular flexibility index (Phi) is 7.49. The number of amides is 2. The molecule has 186 valence electrons. The first-order valence-electron chi connectivity index (χ1n) is 10.7. The molecule has 2 aromatic carbocycles. The number of hydrogen-bond acceptors (Lipinski definition) is 7. The van der Waals surface area contributed by atoms with Gasteiger partial charge in [-0.05, 0) is 48.7 Å². The monoisotopic (exact) mass is 501 g/mol. The van der Waals surface area contributed by atoms with Crippen molar-refractivity contribution in [2.75, 3.05) is 31.6 Å². The first kappa shape index (κ1) is 25.8. The lowest BCUT2D eigenvalue weighted by molar-refractivity contribution is -0.118. The minimum Gasteiger partial charge on any atom is -0.422 e. The first-order chi connectivity index (χ1) is 16.4. The Labute approximate surface area is 202 Å². The van der Waals surface area contributed by atoms with E-state index in [4.69, 9.17) is 9.15 Å². The molecule has 0 radical (unpaired) electrons. The lowest BCUT2D eigenvalue weighted by atomic mass is 9.98. The largest absolute Gasteiger partial charge is 0.422 e. The second-order valence-electron chi connectivity index (χ2n) is 8.28. The molecule has 0 aliphatic carbocycles. The smallest absolute Gasteiger partial charge is 0.414 e. The van der Waals surface area contributed by atoms with Crippen molar-refractivity contribution in [2.45, 2.75) is 20.3 Å². The van der Waals surface area contributed by atoms with E-state index < -0.39 is 33.4 Å². The molecule has 3 rings (SSSR count). The zero-order valence-electron chi connectivity index (χ0n) is 20.1. The van der Waals surface area contributed by atoms with Gasteiger partial charge in [-0.2, -0.15) is 0 Å². The van der Waals surface area contributed by atoms with E-state index in [0.29, 0.717) is 39.0 Å². The summed E-state index contributed by atoms with van der Waals surface area (Å²) < 4.78 is 37.6. The maximum absolute atomic E-state index is 12.8. The van der Waals surface area contributed by atoms with Crippen molar-refractivity contribution in [3.8, 4) is 5.75 Å². The molecule has 0 saturated heterocycles. The third kappa shape index (κ3) is 6.18. The number of fused-ring (bicyclic) bond motifs is 1. The van der Waals surface area contributed by atoms with Crippen LogP contribution < -0.4 is 20.4 Å². The van der Waals surface area contributed by atoms with Crippen molar-refractivity contribution in [3.63, 3.8) is 0 Å². The number of carbonyl (C=O) groups excluding carboxylic acids is 2. The highest BCUT2D eigenvalue weighted by Gasteiger charge is 2.18. The molecule has 0 atom stereocenters.